The number of esters is 1. The van der Waals surface area contributed by atoms with Gasteiger partial charge in [-0.3, -0.25) is 0 Å². The summed E-state index contributed by atoms with van der Waals surface area (Å²) in [6.07, 6.45) is -1.93. The third-order valence-electron chi connectivity index (χ3n) is 6.12. The van der Waals surface area contributed by atoms with E-state index in [2.05, 4.69) is 24.8 Å². The van der Waals surface area contributed by atoms with Gasteiger partial charge in [-0.2, -0.15) is 0 Å². The van der Waals surface area contributed by atoms with Crippen molar-refractivity contribution in [2.45, 2.75) is 19.4 Å². The van der Waals surface area contributed by atoms with E-state index in [-0.39, 0.29) is 5.97 Å². The van der Waals surface area contributed by atoms with Gasteiger partial charge < -0.3 is 18.9 Å². The third-order valence-corrected chi connectivity index (χ3v) is 7.00. The number of fused-ring (bicyclic) bond motifs is 6. The summed E-state index contributed by atoms with van der Waals surface area (Å²) in [6, 6.07) is 19.3. The summed E-state index contributed by atoms with van der Waals surface area (Å²) in [5.41, 5.74) is 2.96. The van der Waals surface area contributed by atoms with Gasteiger partial charge in [-0.25, -0.2) is 4.79 Å². The second-order valence-electron chi connectivity index (χ2n) is 8.57. The Hall–Kier alpha value is -2.82. The van der Waals surface area contributed by atoms with Gasteiger partial charge in [0.1, 0.15) is 23.5 Å². The van der Waals surface area contributed by atoms with E-state index in [0.717, 1.165) is 35.5 Å². The van der Waals surface area contributed by atoms with E-state index in [1.54, 1.807) is 0 Å². The topological polar surface area (TPSA) is 48.0 Å². The number of rotatable bonds is 5. The Morgan fingerprint density at radius 1 is 0.939 bits per heavy atom. The van der Waals surface area contributed by atoms with Gasteiger partial charge in [0, 0.05) is 47.6 Å². The first-order chi connectivity index (χ1) is 15.8. The first kappa shape index (κ1) is 22.0. The zero-order valence-electron chi connectivity index (χ0n) is 19.1. The molecular formula is C26H26NO4PS. The number of carbonyl (C=O) groups is 1. The van der Waals surface area contributed by atoms with Crippen molar-refractivity contribution in [3.63, 3.8) is 0 Å². The zero-order chi connectivity index (χ0) is 23.4. The highest BCUT2D eigenvalue weighted by Crippen LogP contribution is 2.57. The highest BCUT2D eigenvalue weighted by Gasteiger charge is 2.53. The maximum absolute atomic E-state index is 13.0. The highest BCUT2D eigenvalue weighted by atomic mass is 32.4. The van der Waals surface area contributed by atoms with Crippen molar-refractivity contribution in [3.8, 4) is 17.2 Å². The Morgan fingerprint density at radius 2 is 1.61 bits per heavy atom. The molecular weight excluding hydrogens is 453 g/mol. The Bertz CT molecular complexity index is 1310. The molecule has 1 atom stereocenters. The number of anilines is 1. The van der Waals surface area contributed by atoms with Crippen molar-refractivity contribution in [2.75, 3.05) is 31.3 Å². The smallest absolute Gasteiger partial charge is 0.340 e. The lowest BCUT2D eigenvalue weighted by Crippen LogP contribution is -2.33. The first-order valence-electron chi connectivity index (χ1n) is 11.1. The first-order valence-corrected chi connectivity index (χ1v) is 14.7. The zero-order valence-corrected chi connectivity index (χ0v) is 20.8. The van der Waals surface area contributed by atoms with Gasteiger partial charge in [0.25, 0.3) is 0 Å². The number of hydrogen-bond acceptors (Lipinski definition) is 6. The van der Waals surface area contributed by atoms with Gasteiger partial charge in [0.2, 0.25) is 0 Å². The molecule has 5 rings (SSSR count). The van der Waals surface area contributed by atoms with Crippen LogP contribution in [0.5, 0.6) is 17.2 Å². The van der Waals surface area contributed by atoms with Gasteiger partial charge in [0.15, 0.2) is 5.60 Å². The van der Waals surface area contributed by atoms with Crippen molar-refractivity contribution in [1.82, 2.24) is 0 Å². The fraction of sp³-hybridized carbons (Fsp3) is 0.269. The van der Waals surface area contributed by atoms with Crippen LogP contribution in [-0.4, -0.2) is 32.4 Å². The highest BCUT2D eigenvalue weighted by molar-refractivity contribution is 8.11. The van der Waals surface area contributed by atoms with Crippen LogP contribution in [0.15, 0.2) is 60.7 Å². The number of nitrogens with zero attached hydrogens (tertiary/aromatic N) is 1. The average molecular weight is 480 g/mol. The van der Waals surface area contributed by atoms with Crippen LogP contribution in [0.2, 0.25) is 0 Å². The average Bonchev–Trinajstić information content (AvgIpc) is 3.06. The Morgan fingerprint density at radius 3 is 2.30 bits per heavy atom. The molecule has 7 heteroatoms. The molecule has 170 valence electrons. The van der Waals surface area contributed by atoms with Crippen LogP contribution in [0, 0.1) is 0 Å². The summed E-state index contributed by atoms with van der Waals surface area (Å²) < 4.78 is 18.7. The second kappa shape index (κ2) is 7.89. The molecule has 0 saturated carbocycles. The largest absolute Gasteiger partial charge is 0.467 e. The predicted molar refractivity (Wildman–Crippen MR) is 135 cm³/mol. The normalized spacial score (nSPS) is 18.1. The minimum atomic E-state index is -1.93. The molecule has 0 saturated heterocycles. The van der Waals surface area contributed by atoms with Crippen molar-refractivity contribution in [3.05, 3.63) is 82.9 Å². The standard InChI is InChI=1S/C26H26NO4PS/c1-5-27(6-2)17-11-13-21-23(15-17)29-24-16-18(31-32(3,4)33)12-14-22(24)26(21)20-10-8-7-9-19(20)25(28)30-26/h7-16H,5-6H2,1-4H3. The van der Waals surface area contributed by atoms with E-state index in [9.17, 15) is 4.79 Å². The molecule has 2 aliphatic heterocycles. The molecule has 0 bridgehead atoms. The van der Waals surface area contributed by atoms with Crippen molar-refractivity contribution in [2.24, 2.45) is 0 Å². The molecule has 3 aromatic carbocycles. The van der Waals surface area contributed by atoms with Crippen molar-refractivity contribution in [1.29, 1.82) is 0 Å². The van der Waals surface area contributed by atoms with Gasteiger partial charge in [-0.1, -0.05) is 30.0 Å². The van der Waals surface area contributed by atoms with Crippen LogP contribution >= 0.6 is 6.26 Å². The number of ether oxygens (including phenoxy) is 2. The molecule has 0 aliphatic carbocycles. The molecule has 2 aliphatic rings. The molecule has 0 N–H and O–H groups in total. The van der Waals surface area contributed by atoms with Crippen LogP contribution in [0.25, 0.3) is 0 Å². The summed E-state index contributed by atoms with van der Waals surface area (Å²) in [6.45, 7) is 9.88. The van der Waals surface area contributed by atoms with Crippen molar-refractivity contribution < 1.29 is 18.8 Å². The van der Waals surface area contributed by atoms with E-state index in [1.165, 1.54) is 0 Å². The SMILES string of the molecule is CCN(CC)c1ccc2c(c1)Oc1cc(OP(C)(C)=S)ccc1C21OC(=O)c2ccccc21. The van der Waals surface area contributed by atoms with E-state index in [4.69, 9.17) is 25.8 Å². The molecule has 3 aromatic rings. The summed E-state index contributed by atoms with van der Waals surface area (Å²) >= 11 is 5.50. The lowest BCUT2D eigenvalue weighted by molar-refractivity contribution is 0.0224. The lowest BCUT2D eigenvalue weighted by atomic mass is 9.77. The number of hydrogen-bond donors (Lipinski definition) is 0. The summed E-state index contributed by atoms with van der Waals surface area (Å²) in [7, 11) is 0. The van der Waals surface area contributed by atoms with E-state index >= 15 is 0 Å². The van der Waals surface area contributed by atoms with Crippen LogP contribution in [0.1, 0.15) is 40.9 Å². The molecule has 0 aromatic heterocycles. The lowest BCUT2D eigenvalue weighted by Gasteiger charge is -2.37. The van der Waals surface area contributed by atoms with E-state index in [0.29, 0.717) is 22.8 Å². The minimum absolute atomic E-state index is 0.338. The molecule has 2 heterocycles. The molecule has 0 fully saturated rings. The van der Waals surface area contributed by atoms with Crippen LogP contribution in [0.3, 0.4) is 0 Å². The van der Waals surface area contributed by atoms with E-state index < -0.39 is 11.9 Å². The monoisotopic (exact) mass is 479 g/mol. The fourth-order valence-electron chi connectivity index (χ4n) is 4.74. The molecule has 0 amide bonds. The summed E-state index contributed by atoms with van der Waals surface area (Å²) in [5, 5.41) is 0. The fourth-order valence-corrected chi connectivity index (χ4v) is 5.62. The van der Waals surface area contributed by atoms with Crippen LogP contribution < -0.4 is 14.2 Å². The number of carbonyl (C=O) groups excluding carboxylic acids is 1. The second-order valence-corrected chi connectivity index (χ2v) is 13.9. The third kappa shape index (κ3) is 3.53. The van der Waals surface area contributed by atoms with E-state index in [1.807, 2.05) is 67.9 Å². The Balaban J connectivity index is 1.75. The van der Waals surface area contributed by atoms with Crippen molar-refractivity contribution >= 4 is 29.7 Å². The molecule has 5 nitrogen and oxygen atoms in total. The molecule has 1 unspecified atom stereocenters. The Labute approximate surface area is 199 Å². The van der Waals surface area contributed by atoms with Gasteiger partial charge in [-0.15, -0.1) is 0 Å². The van der Waals surface area contributed by atoms with Crippen LogP contribution in [-0.2, 0) is 22.1 Å². The molecule has 1 spiro atoms. The number of benzene rings is 3. The van der Waals surface area contributed by atoms with Gasteiger partial charge in [0.05, 0.1) is 5.56 Å². The quantitative estimate of drug-likeness (QED) is 0.324. The maximum Gasteiger partial charge on any atom is 0.340 e. The Kier molecular flexibility index (Phi) is 5.26. The van der Waals surface area contributed by atoms with Gasteiger partial charge in [-0.05, 0) is 57.5 Å². The molecule has 33 heavy (non-hydrogen) atoms. The van der Waals surface area contributed by atoms with Gasteiger partial charge >= 0.3 is 5.97 Å². The summed E-state index contributed by atoms with van der Waals surface area (Å²) in [4.78, 5) is 15.2. The maximum atomic E-state index is 13.0. The minimum Gasteiger partial charge on any atom is -0.467 e. The molecule has 0 radical (unpaired) electrons. The van der Waals surface area contributed by atoms with Crippen LogP contribution in [0.4, 0.5) is 5.69 Å². The summed E-state index contributed by atoms with van der Waals surface area (Å²) in [5.74, 6) is 1.58. The predicted octanol–water partition coefficient (Wildman–Crippen LogP) is 6.13.